The highest BCUT2D eigenvalue weighted by Gasteiger charge is 2.28. The Bertz CT molecular complexity index is 1890. The molecule has 4 aromatic carbocycles. The number of benzene rings is 4. The third-order valence-corrected chi connectivity index (χ3v) is 7.88. The number of hydrogen-bond donors (Lipinski definition) is 2. The molecule has 1 aliphatic heterocycles. The van der Waals surface area contributed by atoms with Gasteiger partial charge in [-0.15, -0.1) is 0 Å². The van der Waals surface area contributed by atoms with Crippen LogP contribution in [0.1, 0.15) is 26.5 Å². The summed E-state index contributed by atoms with van der Waals surface area (Å²) in [5.74, 6) is -0.625. The molecular weight excluding hydrogens is 496 g/mol. The van der Waals surface area contributed by atoms with E-state index in [2.05, 4.69) is 10.0 Å². The summed E-state index contributed by atoms with van der Waals surface area (Å²) < 4.78 is 46.4. The summed E-state index contributed by atoms with van der Waals surface area (Å²) in [5.41, 5.74) is 1.83. The fraction of sp³-hybridized carbons (Fsp3) is 0.111. The Labute approximate surface area is 211 Å². The lowest BCUT2D eigenvalue weighted by atomic mass is 10.0. The second kappa shape index (κ2) is 8.32. The molecule has 0 spiro atoms. The first-order valence-electron chi connectivity index (χ1n) is 11.3. The number of nitrogens with one attached hydrogen (secondary N) is 2. The van der Waals surface area contributed by atoms with E-state index in [1.54, 1.807) is 54.6 Å². The third kappa shape index (κ3) is 3.45. The molecule has 0 saturated heterocycles. The van der Waals surface area contributed by atoms with Gasteiger partial charge < -0.3 is 19.2 Å². The van der Waals surface area contributed by atoms with Crippen LogP contribution in [0, 0.1) is 0 Å². The largest absolute Gasteiger partial charge is 0.465 e. The number of amides is 1. The van der Waals surface area contributed by atoms with Crippen molar-refractivity contribution in [3.05, 3.63) is 77.6 Å². The van der Waals surface area contributed by atoms with E-state index in [4.69, 9.17) is 13.9 Å². The topological polar surface area (TPSA) is 124 Å². The van der Waals surface area contributed by atoms with Gasteiger partial charge in [-0.05, 0) is 24.3 Å². The monoisotopic (exact) mass is 516 g/mol. The fourth-order valence-corrected chi connectivity index (χ4v) is 6.18. The van der Waals surface area contributed by atoms with Crippen LogP contribution in [0.5, 0.6) is 0 Å². The second-order valence-corrected chi connectivity index (χ2v) is 10.2. The van der Waals surface area contributed by atoms with Crippen molar-refractivity contribution >= 4 is 65.8 Å². The van der Waals surface area contributed by atoms with Gasteiger partial charge in [0.15, 0.2) is 0 Å². The molecule has 6 rings (SSSR count). The van der Waals surface area contributed by atoms with Gasteiger partial charge in [-0.25, -0.2) is 13.2 Å². The first-order valence-corrected chi connectivity index (χ1v) is 12.8. The predicted molar refractivity (Wildman–Crippen MR) is 138 cm³/mol. The van der Waals surface area contributed by atoms with Gasteiger partial charge in [0.1, 0.15) is 23.5 Å². The van der Waals surface area contributed by atoms with Gasteiger partial charge in [0.05, 0.1) is 17.7 Å². The van der Waals surface area contributed by atoms with Crippen molar-refractivity contribution in [3.63, 3.8) is 0 Å². The summed E-state index contributed by atoms with van der Waals surface area (Å²) in [5, 5.41) is 5.33. The van der Waals surface area contributed by atoms with E-state index in [0.29, 0.717) is 43.8 Å². The number of anilines is 2. The average molecular weight is 517 g/mol. The van der Waals surface area contributed by atoms with Crippen molar-refractivity contribution in [2.24, 2.45) is 0 Å². The van der Waals surface area contributed by atoms with E-state index in [0.717, 1.165) is 0 Å². The number of esters is 1. The molecular formula is C27H20N2O7S. The van der Waals surface area contributed by atoms with Crippen LogP contribution < -0.4 is 10.0 Å². The highest BCUT2D eigenvalue weighted by Crippen LogP contribution is 2.40. The van der Waals surface area contributed by atoms with Crippen LogP contribution in [0.3, 0.4) is 0 Å². The zero-order chi connectivity index (χ0) is 25.9. The number of carbonyl (C=O) groups is 2. The Morgan fingerprint density at radius 2 is 1.73 bits per heavy atom. The molecule has 2 heterocycles. The van der Waals surface area contributed by atoms with Gasteiger partial charge in [-0.3, -0.25) is 9.52 Å². The Kier molecular flexibility index (Phi) is 5.18. The first-order chi connectivity index (χ1) is 17.8. The van der Waals surface area contributed by atoms with Crippen LogP contribution in [-0.2, 0) is 26.1 Å². The lowest BCUT2D eigenvalue weighted by Gasteiger charge is -2.14. The van der Waals surface area contributed by atoms with Crippen LogP contribution in [0.4, 0.5) is 11.4 Å². The van der Waals surface area contributed by atoms with Gasteiger partial charge in [-0.1, -0.05) is 36.4 Å². The maximum absolute atomic E-state index is 13.8. The number of hydrogen-bond acceptors (Lipinski definition) is 7. The first kappa shape index (κ1) is 23.0. The number of furan rings is 1. The predicted octanol–water partition coefficient (Wildman–Crippen LogP) is 5.04. The van der Waals surface area contributed by atoms with Crippen molar-refractivity contribution in [2.75, 3.05) is 24.3 Å². The maximum Gasteiger partial charge on any atom is 0.342 e. The van der Waals surface area contributed by atoms with Crippen LogP contribution in [0.25, 0.3) is 32.5 Å². The Balaban J connectivity index is 1.57. The summed E-state index contributed by atoms with van der Waals surface area (Å²) in [6.07, 6.45) is 0. The van der Waals surface area contributed by atoms with E-state index in [-0.39, 0.29) is 34.4 Å². The Morgan fingerprint density at radius 3 is 2.49 bits per heavy atom. The van der Waals surface area contributed by atoms with Gasteiger partial charge in [-0.2, -0.15) is 0 Å². The smallest absolute Gasteiger partial charge is 0.342 e. The molecule has 0 fully saturated rings. The van der Waals surface area contributed by atoms with Crippen LogP contribution in [0.2, 0.25) is 0 Å². The maximum atomic E-state index is 13.8. The van der Waals surface area contributed by atoms with Crippen molar-refractivity contribution in [3.8, 4) is 0 Å². The van der Waals surface area contributed by atoms with E-state index in [9.17, 15) is 18.0 Å². The van der Waals surface area contributed by atoms with E-state index in [1.165, 1.54) is 20.3 Å². The summed E-state index contributed by atoms with van der Waals surface area (Å²) >= 11 is 0. The number of fused-ring (bicyclic) bond motifs is 3. The number of rotatable bonds is 6. The molecule has 186 valence electrons. The molecule has 0 radical (unpaired) electrons. The SMILES string of the molecule is COCc1oc2c(cc(NS(=O)(=O)c3ccc4c5c(cccc35)C(=O)N4)c3ccccc32)c1C(=O)OC. The van der Waals surface area contributed by atoms with Crippen molar-refractivity contribution < 1.29 is 31.9 Å². The molecule has 1 aromatic heterocycles. The normalized spacial score (nSPS) is 12.9. The summed E-state index contributed by atoms with van der Waals surface area (Å²) in [7, 11) is -1.39. The molecule has 0 unspecified atom stereocenters. The fourth-order valence-electron chi connectivity index (χ4n) is 4.91. The van der Waals surface area contributed by atoms with Crippen molar-refractivity contribution in [2.45, 2.75) is 11.5 Å². The summed E-state index contributed by atoms with van der Waals surface area (Å²) in [6, 6.07) is 16.7. The van der Waals surface area contributed by atoms with Crippen LogP contribution in [-0.4, -0.2) is 34.5 Å². The van der Waals surface area contributed by atoms with Gasteiger partial charge in [0.2, 0.25) is 0 Å². The molecule has 2 N–H and O–H groups in total. The lowest BCUT2D eigenvalue weighted by molar-refractivity contribution is 0.0594. The molecule has 10 heteroatoms. The average Bonchev–Trinajstić information content (AvgIpc) is 3.42. The Hall–Kier alpha value is -4.41. The summed E-state index contributed by atoms with van der Waals surface area (Å²) in [4.78, 5) is 25.0. The quantitative estimate of drug-likeness (QED) is 0.303. The molecule has 1 amide bonds. The third-order valence-electron chi connectivity index (χ3n) is 6.46. The van der Waals surface area contributed by atoms with Crippen LogP contribution in [0.15, 0.2) is 70.0 Å². The number of methoxy groups -OCH3 is 2. The zero-order valence-electron chi connectivity index (χ0n) is 19.7. The van der Waals surface area contributed by atoms with Crippen molar-refractivity contribution in [1.29, 1.82) is 0 Å². The summed E-state index contributed by atoms with van der Waals surface area (Å²) in [6.45, 7) is 0.0297. The molecule has 1 aliphatic rings. The number of ether oxygens (including phenoxy) is 2. The molecule has 0 saturated carbocycles. The van der Waals surface area contributed by atoms with E-state index in [1.807, 2.05) is 0 Å². The molecule has 0 aliphatic carbocycles. The minimum atomic E-state index is -4.13. The van der Waals surface area contributed by atoms with E-state index >= 15 is 0 Å². The molecule has 0 atom stereocenters. The molecule has 9 nitrogen and oxygen atoms in total. The van der Waals surface area contributed by atoms with Crippen molar-refractivity contribution in [1.82, 2.24) is 0 Å². The standard InChI is InChI=1S/C27H20N2O7S/c1-34-13-21-24(27(31)35-2)18-12-20(14-6-3-4-7-15(14)25(18)36-21)29-37(32,33)22-11-10-19-23-16(22)8-5-9-17(23)26(30)28-19/h3-12,29H,13H2,1-2H3,(H,28,30). The number of sulfonamides is 1. The lowest BCUT2D eigenvalue weighted by Crippen LogP contribution is -2.14. The van der Waals surface area contributed by atoms with Gasteiger partial charge in [0, 0.05) is 45.3 Å². The molecule has 0 bridgehead atoms. The second-order valence-electron chi connectivity index (χ2n) is 8.57. The van der Waals surface area contributed by atoms with E-state index < -0.39 is 16.0 Å². The zero-order valence-corrected chi connectivity index (χ0v) is 20.6. The highest BCUT2D eigenvalue weighted by atomic mass is 32.2. The van der Waals surface area contributed by atoms with Gasteiger partial charge in [0.25, 0.3) is 15.9 Å². The Morgan fingerprint density at radius 1 is 0.973 bits per heavy atom. The molecule has 5 aromatic rings. The minimum Gasteiger partial charge on any atom is -0.465 e. The highest BCUT2D eigenvalue weighted by molar-refractivity contribution is 7.93. The number of carbonyl (C=O) groups excluding carboxylic acids is 2. The van der Waals surface area contributed by atoms with Gasteiger partial charge >= 0.3 is 5.97 Å². The molecule has 37 heavy (non-hydrogen) atoms. The minimum absolute atomic E-state index is 0.0224. The van der Waals surface area contributed by atoms with Crippen LogP contribution >= 0.6 is 0 Å².